The van der Waals surface area contributed by atoms with Gasteiger partial charge in [0, 0.05) is 43.3 Å². The number of hydrogen-bond acceptors (Lipinski definition) is 4. The number of aliphatic hydroxyl groups is 1. The molecule has 17 heavy (non-hydrogen) atoms. The number of pyridine rings is 1. The maximum atomic E-state index is 9.33. The third-order valence-corrected chi connectivity index (χ3v) is 3.22. The van der Waals surface area contributed by atoms with E-state index in [1.54, 1.807) is 12.4 Å². The Kier molecular flexibility index (Phi) is 4.34. The lowest BCUT2D eigenvalue weighted by Gasteiger charge is -2.27. The van der Waals surface area contributed by atoms with Crippen LogP contribution in [0.25, 0.3) is 0 Å². The van der Waals surface area contributed by atoms with Gasteiger partial charge in [-0.3, -0.25) is 4.98 Å². The third-order valence-electron chi connectivity index (χ3n) is 3.22. The fraction of sp³-hybridized carbons (Fsp3) is 0.615. The molecule has 1 aliphatic rings. The highest BCUT2D eigenvalue weighted by Gasteiger charge is 2.19. The highest BCUT2D eigenvalue weighted by Crippen LogP contribution is 2.22. The Labute approximate surface area is 102 Å². The SMILES string of the molecule is CCN(CC1CCCO1)c1ccncc1CO. The van der Waals surface area contributed by atoms with E-state index in [0.29, 0.717) is 6.10 Å². The Balaban J connectivity index is 2.10. The number of nitrogens with zero attached hydrogens (tertiary/aromatic N) is 2. The lowest BCUT2D eigenvalue weighted by molar-refractivity contribution is 0.115. The fourth-order valence-electron chi connectivity index (χ4n) is 2.28. The minimum absolute atomic E-state index is 0.0329. The van der Waals surface area contributed by atoms with Gasteiger partial charge in [0.05, 0.1) is 12.7 Å². The van der Waals surface area contributed by atoms with Crippen molar-refractivity contribution in [2.75, 3.05) is 24.6 Å². The second kappa shape index (κ2) is 5.98. The standard InChI is InChI=1S/C13H20N2O2/c1-2-15(9-12-4-3-7-17-12)13-5-6-14-8-11(13)10-16/h5-6,8,12,16H,2-4,7,9-10H2,1H3. The Morgan fingerprint density at radius 2 is 2.47 bits per heavy atom. The van der Waals surface area contributed by atoms with Crippen molar-refractivity contribution in [1.82, 2.24) is 4.98 Å². The first kappa shape index (κ1) is 12.3. The molecule has 1 unspecified atom stereocenters. The average molecular weight is 236 g/mol. The van der Waals surface area contributed by atoms with Gasteiger partial charge in [0.1, 0.15) is 0 Å². The topological polar surface area (TPSA) is 45.6 Å². The molecule has 1 fully saturated rings. The molecular formula is C13H20N2O2. The highest BCUT2D eigenvalue weighted by atomic mass is 16.5. The first-order valence-electron chi connectivity index (χ1n) is 6.25. The molecule has 1 N–H and O–H groups in total. The summed E-state index contributed by atoms with van der Waals surface area (Å²) >= 11 is 0. The molecule has 4 nitrogen and oxygen atoms in total. The summed E-state index contributed by atoms with van der Waals surface area (Å²) < 4.78 is 5.66. The van der Waals surface area contributed by atoms with Gasteiger partial charge in [0.15, 0.2) is 0 Å². The van der Waals surface area contributed by atoms with Crippen LogP contribution in [0.4, 0.5) is 5.69 Å². The molecule has 1 saturated heterocycles. The van der Waals surface area contributed by atoms with Gasteiger partial charge < -0.3 is 14.7 Å². The van der Waals surface area contributed by atoms with Gasteiger partial charge >= 0.3 is 0 Å². The number of likely N-dealkylation sites (N-methyl/N-ethyl adjacent to an activating group) is 1. The summed E-state index contributed by atoms with van der Waals surface area (Å²) in [6.45, 7) is 4.84. The molecule has 2 rings (SSSR count). The highest BCUT2D eigenvalue weighted by molar-refractivity contribution is 5.52. The zero-order valence-corrected chi connectivity index (χ0v) is 10.3. The molecule has 0 spiro atoms. The van der Waals surface area contributed by atoms with Crippen molar-refractivity contribution >= 4 is 5.69 Å². The van der Waals surface area contributed by atoms with Crippen molar-refractivity contribution in [3.05, 3.63) is 24.0 Å². The Morgan fingerprint density at radius 3 is 3.12 bits per heavy atom. The number of anilines is 1. The molecule has 0 amide bonds. The Hall–Kier alpha value is -1.13. The molecule has 0 aromatic carbocycles. The van der Waals surface area contributed by atoms with Gasteiger partial charge in [-0.05, 0) is 25.8 Å². The predicted molar refractivity (Wildman–Crippen MR) is 67.0 cm³/mol. The smallest absolute Gasteiger partial charge is 0.0750 e. The second-order valence-corrected chi connectivity index (χ2v) is 4.34. The van der Waals surface area contributed by atoms with E-state index >= 15 is 0 Å². The average Bonchev–Trinajstić information content (AvgIpc) is 2.89. The zero-order chi connectivity index (χ0) is 12.1. The zero-order valence-electron chi connectivity index (χ0n) is 10.3. The van der Waals surface area contributed by atoms with E-state index in [1.807, 2.05) is 6.07 Å². The predicted octanol–water partition coefficient (Wildman–Crippen LogP) is 1.58. The summed E-state index contributed by atoms with van der Waals surface area (Å²) in [5.74, 6) is 0. The summed E-state index contributed by atoms with van der Waals surface area (Å²) in [5, 5.41) is 9.33. The Bertz CT molecular complexity index is 351. The molecule has 0 bridgehead atoms. The van der Waals surface area contributed by atoms with E-state index in [-0.39, 0.29) is 6.61 Å². The number of aliphatic hydroxyl groups excluding tert-OH is 1. The molecule has 1 aliphatic heterocycles. The van der Waals surface area contributed by atoms with E-state index in [2.05, 4.69) is 16.8 Å². The number of ether oxygens (including phenoxy) is 1. The van der Waals surface area contributed by atoms with Crippen molar-refractivity contribution in [3.63, 3.8) is 0 Å². The van der Waals surface area contributed by atoms with E-state index in [0.717, 1.165) is 43.8 Å². The van der Waals surface area contributed by atoms with Crippen LogP contribution in [0.2, 0.25) is 0 Å². The number of aromatic nitrogens is 1. The fourth-order valence-corrected chi connectivity index (χ4v) is 2.28. The number of rotatable bonds is 5. The summed E-state index contributed by atoms with van der Waals surface area (Å²) in [6.07, 6.45) is 6.12. The van der Waals surface area contributed by atoms with Crippen LogP contribution in [0.1, 0.15) is 25.3 Å². The monoisotopic (exact) mass is 236 g/mol. The van der Waals surface area contributed by atoms with Crippen LogP contribution >= 0.6 is 0 Å². The van der Waals surface area contributed by atoms with Crippen LogP contribution in [-0.4, -0.2) is 35.9 Å². The first-order valence-corrected chi connectivity index (χ1v) is 6.25. The van der Waals surface area contributed by atoms with Crippen molar-refractivity contribution < 1.29 is 9.84 Å². The second-order valence-electron chi connectivity index (χ2n) is 4.34. The summed E-state index contributed by atoms with van der Waals surface area (Å²) in [4.78, 5) is 6.30. The van der Waals surface area contributed by atoms with Crippen LogP contribution in [-0.2, 0) is 11.3 Å². The molecular weight excluding hydrogens is 216 g/mol. The molecule has 4 heteroatoms. The van der Waals surface area contributed by atoms with E-state index < -0.39 is 0 Å². The minimum atomic E-state index is 0.0329. The molecule has 1 aromatic rings. The molecule has 1 atom stereocenters. The molecule has 1 aromatic heterocycles. The van der Waals surface area contributed by atoms with Crippen LogP contribution in [0.15, 0.2) is 18.5 Å². The van der Waals surface area contributed by atoms with Crippen LogP contribution in [0, 0.1) is 0 Å². The quantitative estimate of drug-likeness (QED) is 0.843. The van der Waals surface area contributed by atoms with Crippen LogP contribution < -0.4 is 4.90 Å². The molecule has 94 valence electrons. The van der Waals surface area contributed by atoms with Crippen molar-refractivity contribution in [1.29, 1.82) is 0 Å². The molecule has 2 heterocycles. The van der Waals surface area contributed by atoms with E-state index in [9.17, 15) is 5.11 Å². The van der Waals surface area contributed by atoms with Crippen LogP contribution in [0.5, 0.6) is 0 Å². The Morgan fingerprint density at radius 1 is 1.59 bits per heavy atom. The molecule has 0 radical (unpaired) electrons. The molecule has 0 saturated carbocycles. The van der Waals surface area contributed by atoms with Gasteiger partial charge in [-0.1, -0.05) is 0 Å². The number of hydrogen-bond donors (Lipinski definition) is 1. The first-order chi connectivity index (χ1) is 8.35. The van der Waals surface area contributed by atoms with E-state index in [4.69, 9.17) is 4.74 Å². The lowest BCUT2D eigenvalue weighted by Crippen LogP contribution is -2.32. The van der Waals surface area contributed by atoms with Crippen molar-refractivity contribution in [2.45, 2.75) is 32.5 Å². The maximum Gasteiger partial charge on any atom is 0.0750 e. The van der Waals surface area contributed by atoms with Crippen LogP contribution in [0.3, 0.4) is 0 Å². The minimum Gasteiger partial charge on any atom is -0.392 e. The summed E-state index contributed by atoms with van der Waals surface area (Å²) in [5.41, 5.74) is 1.95. The van der Waals surface area contributed by atoms with Crippen molar-refractivity contribution in [2.24, 2.45) is 0 Å². The largest absolute Gasteiger partial charge is 0.392 e. The molecule has 0 aliphatic carbocycles. The lowest BCUT2D eigenvalue weighted by atomic mass is 10.2. The van der Waals surface area contributed by atoms with Crippen molar-refractivity contribution in [3.8, 4) is 0 Å². The normalized spacial score (nSPS) is 19.5. The summed E-state index contributed by atoms with van der Waals surface area (Å²) in [6, 6.07) is 1.96. The van der Waals surface area contributed by atoms with Gasteiger partial charge in [0.25, 0.3) is 0 Å². The summed E-state index contributed by atoms with van der Waals surface area (Å²) in [7, 11) is 0. The maximum absolute atomic E-state index is 9.33. The third kappa shape index (κ3) is 2.96. The van der Waals surface area contributed by atoms with Gasteiger partial charge in [0.2, 0.25) is 0 Å². The van der Waals surface area contributed by atoms with Gasteiger partial charge in [-0.2, -0.15) is 0 Å². The van der Waals surface area contributed by atoms with Gasteiger partial charge in [-0.25, -0.2) is 0 Å². The van der Waals surface area contributed by atoms with E-state index in [1.165, 1.54) is 0 Å². The van der Waals surface area contributed by atoms with Gasteiger partial charge in [-0.15, -0.1) is 0 Å².